The molecule has 1 N–H and O–H groups in total. The Bertz CT molecular complexity index is 657. The fourth-order valence-corrected chi connectivity index (χ4v) is 2.38. The van der Waals surface area contributed by atoms with Gasteiger partial charge in [0.1, 0.15) is 17.0 Å². The number of anilines is 2. The number of hydrogen-bond donors (Lipinski definition) is 1. The molecular weight excluding hydrogens is 348 g/mol. The maximum absolute atomic E-state index is 9.07. The van der Waals surface area contributed by atoms with Crippen molar-refractivity contribution in [3.05, 3.63) is 39.5 Å². The highest BCUT2D eigenvalue weighted by molar-refractivity contribution is 9.10. The second kappa shape index (κ2) is 6.24. The zero-order valence-corrected chi connectivity index (χ0v) is 13.0. The summed E-state index contributed by atoms with van der Waals surface area (Å²) in [7, 11) is 0. The summed E-state index contributed by atoms with van der Waals surface area (Å²) >= 11 is 10.7. The molecule has 0 aliphatic heterocycles. The van der Waals surface area contributed by atoms with Gasteiger partial charge in [0.15, 0.2) is 5.16 Å². The predicted octanol–water partition coefficient (Wildman–Crippen LogP) is 4.23. The molecule has 1 aromatic heterocycles. The molecule has 96 valence electrons. The molecule has 2 rings (SSSR count). The summed E-state index contributed by atoms with van der Waals surface area (Å²) in [5.41, 5.74) is 1.20. The minimum Gasteiger partial charge on any atom is -0.339 e. The van der Waals surface area contributed by atoms with E-state index in [1.165, 1.54) is 11.8 Å². The summed E-state index contributed by atoms with van der Waals surface area (Å²) in [5.74, 6) is 0.555. The van der Waals surface area contributed by atoms with Crippen molar-refractivity contribution < 1.29 is 0 Å². The minimum absolute atomic E-state index is 0.357. The van der Waals surface area contributed by atoms with E-state index in [2.05, 4.69) is 37.3 Å². The molecular formula is C12H8BrClN4S. The average Bonchev–Trinajstić information content (AvgIpc) is 2.38. The molecule has 0 bridgehead atoms. The molecule has 0 aliphatic rings. The third-order valence-corrected chi connectivity index (χ3v) is 3.46. The Hall–Kier alpha value is -1.29. The van der Waals surface area contributed by atoms with Gasteiger partial charge < -0.3 is 5.32 Å². The van der Waals surface area contributed by atoms with Crippen molar-refractivity contribution in [3.8, 4) is 6.07 Å². The predicted molar refractivity (Wildman–Crippen MR) is 81.0 cm³/mol. The lowest BCUT2D eigenvalue weighted by Crippen LogP contribution is -1.98. The lowest BCUT2D eigenvalue weighted by Gasteiger charge is -2.09. The highest BCUT2D eigenvalue weighted by Crippen LogP contribution is 2.25. The maximum Gasteiger partial charge on any atom is 0.190 e. The molecule has 7 heteroatoms. The Morgan fingerprint density at radius 2 is 2.16 bits per heavy atom. The van der Waals surface area contributed by atoms with Crippen LogP contribution in [0.3, 0.4) is 0 Å². The number of rotatable bonds is 3. The molecule has 0 aliphatic carbocycles. The molecule has 0 saturated heterocycles. The molecule has 1 aromatic carbocycles. The second-order valence-corrected chi connectivity index (χ2v) is 5.57. The number of benzene rings is 1. The number of hydrogen-bond acceptors (Lipinski definition) is 5. The summed E-state index contributed by atoms with van der Waals surface area (Å²) < 4.78 is 0.874. The molecule has 4 nitrogen and oxygen atoms in total. The normalized spacial score (nSPS) is 10.0. The van der Waals surface area contributed by atoms with Gasteiger partial charge in [-0.25, -0.2) is 9.97 Å². The van der Waals surface area contributed by atoms with Crippen molar-refractivity contribution in [1.29, 1.82) is 5.26 Å². The highest BCUT2D eigenvalue weighted by Gasteiger charge is 2.07. The zero-order valence-electron chi connectivity index (χ0n) is 9.82. The van der Waals surface area contributed by atoms with Crippen molar-refractivity contribution in [2.75, 3.05) is 11.6 Å². The van der Waals surface area contributed by atoms with Crippen molar-refractivity contribution in [1.82, 2.24) is 9.97 Å². The van der Waals surface area contributed by atoms with Gasteiger partial charge in [-0.1, -0.05) is 39.3 Å². The number of nitrogens with zero attached hydrogens (tertiary/aromatic N) is 3. The summed E-state index contributed by atoms with van der Waals surface area (Å²) in [6.45, 7) is 0. The summed E-state index contributed by atoms with van der Waals surface area (Å²) in [6, 6.07) is 9.08. The van der Waals surface area contributed by atoms with Gasteiger partial charge in [-0.05, 0) is 24.5 Å². The Balaban J connectivity index is 2.38. The van der Waals surface area contributed by atoms with Crippen LogP contribution in [0.4, 0.5) is 11.5 Å². The first-order chi connectivity index (χ1) is 9.12. The number of thioether (sulfide) groups is 1. The SMILES string of the molecule is CSc1nc(Cl)cc(Nc2cc(Br)ccc2C#N)n1. The Morgan fingerprint density at radius 3 is 2.84 bits per heavy atom. The number of halogens is 2. The first-order valence-corrected chi connectivity index (χ1v) is 7.57. The molecule has 19 heavy (non-hydrogen) atoms. The lowest BCUT2D eigenvalue weighted by atomic mass is 10.2. The summed E-state index contributed by atoms with van der Waals surface area (Å²) in [4.78, 5) is 8.34. The van der Waals surface area contributed by atoms with Crippen LogP contribution in [-0.2, 0) is 0 Å². The molecule has 0 amide bonds. The van der Waals surface area contributed by atoms with Crippen LogP contribution in [0.25, 0.3) is 0 Å². The van der Waals surface area contributed by atoms with Crippen LogP contribution in [0, 0.1) is 11.3 Å². The highest BCUT2D eigenvalue weighted by atomic mass is 79.9. The second-order valence-electron chi connectivity index (χ2n) is 3.49. The topological polar surface area (TPSA) is 61.6 Å². The van der Waals surface area contributed by atoms with E-state index in [0.717, 1.165) is 4.47 Å². The molecule has 0 unspecified atom stereocenters. The number of aromatic nitrogens is 2. The fraction of sp³-hybridized carbons (Fsp3) is 0.0833. The standard InChI is InChI=1S/C12H8BrClN4S/c1-19-12-17-10(14)5-11(18-12)16-9-4-8(13)3-2-7(9)6-15/h2-5H,1H3,(H,16,17,18). The van der Waals surface area contributed by atoms with E-state index < -0.39 is 0 Å². The Morgan fingerprint density at radius 1 is 1.37 bits per heavy atom. The van der Waals surface area contributed by atoms with Gasteiger partial charge in [0.25, 0.3) is 0 Å². The van der Waals surface area contributed by atoms with Crippen LogP contribution in [0.1, 0.15) is 5.56 Å². The molecule has 0 radical (unpaired) electrons. The van der Waals surface area contributed by atoms with Crippen LogP contribution in [0.15, 0.2) is 33.9 Å². The van der Waals surface area contributed by atoms with Crippen LogP contribution in [-0.4, -0.2) is 16.2 Å². The van der Waals surface area contributed by atoms with Gasteiger partial charge in [0, 0.05) is 10.5 Å². The molecule has 1 heterocycles. The van der Waals surface area contributed by atoms with Crippen LogP contribution in [0.2, 0.25) is 5.15 Å². The maximum atomic E-state index is 9.07. The third kappa shape index (κ3) is 3.60. The van der Waals surface area contributed by atoms with Crippen LogP contribution in [0.5, 0.6) is 0 Å². The lowest BCUT2D eigenvalue weighted by molar-refractivity contribution is 0.976. The number of nitrogens with one attached hydrogen (secondary N) is 1. The van der Waals surface area contributed by atoms with E-state index >= 15 is 0 Å². The van der Waals surface area contributed by atoms with E-state index in [1.54, 1.807) is 12.1 Å². The molecule has 0 atom stereocenters. The van der Waals surface area contributed by atoms with Gasteiger partial charge in [0.05, 0.1) is 11.3 Å². The largest absolute Gasteiger partial charge is 0.339 e. The molecule has 0 fully saturated rings. The first-order valence-electron chi connectivity index (χ1n) is 5.17. The zero-order chi connectivity index (χ0) is 13.8. The fourth-order valence-electron chi connectivity index (χ4n) is 1.41. The summed E-state index contributed by atoms with van der Waals surface area (Å²) in [5, 5.41) is 13.1. The molecule has 2 aromatic rings. The molecule has 0 spiro atoms. The van der Waals surface area contributed by atoms with Gasteiger partial charge >= 0.3 is 0 Å². The average molecular weight is 356 g/mol. The number of nitriles is 1. The minimum atomic E-state index is 0.357. The van der Waals surface area contributed by atoms with Crippen LogP contribution >= 0.6 is 39.3 Å². The monoisotopic (exact) mass is 354 g/mol. The quantitative estimate of drug-likeness (QED) is 0.507. The van der Waals surface area contributed by atoms with E-state index in [1.807, 2.05) is 18.4 Å². The third-order valence-electron chi connectivity index (χ3n) is 2.22. The molecule has 0 saturated carbocycles. The van der Waals surface area contributed by atoms with Gasteiger partial charge in [-0.2, -0.15) is 5.26 Å². The van der Waals surface area contributed by atoms with E-state index in [0.29, 0.717) is 27.4 Å². The smallest absolute Gasteiger partial charge is 0.190 e. The first kappa shape index (κ1) is 14.1. The van der Waals surface area contributed by atoms with Crippen molar-refractivity contribution >= 4 is 50.8 Å². The van der Waals surface area contributed by atoms with Crippen molar-refractivity contribution in [2.45, 2.75) is 5.16 Å². The summed E-state index contributed by atoms with van der Waals surface area (Å²) in [6.07, 6.45) is 1.87. The van der Waals surface area contributed by atoms with Gasteiger partial charge in [-0.15, -0.1) is 0 Å². The van der Waals surface area contributed by atoms with Crippen LogP contribution < -0.4 is 5.32 Å². The Labute approximate surface area is 128 Å². The van der Waals surface area contributed by atoms with E-state index in [9.17, 15) is 0 Å². The van der Waals surface area contributed by atoms with E-state index in [-0.39, 0.29) is 0 Å². The van der Waals surface area contributed by atoms with Gasteiger partial charge in [-0.3, -0.25) is 0 Å². The van der Waals surface area contributed by atoms with Gasteiger partial charge in [0.2, 0.25) is 0 Å². The Kier molecular flexibility index (Phi) is 4.64. The van der Waals surface area contributed by atoms with Crippen molar-refractivity contribution in [2.24, 2.45) is 0 Å². The van der Waals surface area contributed by atoms with Crippen molar-refractivity contribution in [3.63, 3.8) is 0 Å². The van der Waals surface area contributed by atoms with E-state index in [4.69, 9.17) is 16.9 Å².